The second-order valence-corrected chi connectivity index (χ2v) is 5.71. The molecular weight excluding hydrogens is 246 g/mol. The number of phenolic OH excluding ortho intramolecular Hbond substituents is 1. The summed E-state index contributed by atoms with van der Waals surface area (Å²) in [5.74, 6) is -1.41. The standard InChI is InChI=1S/C10H13NO5S/c1-17(15,16)6-2-3-7(9(12)4-6)8(11)5-10(13)14/h2-4,8,12H,5,11H2,1H3,(H,13,14). The first-order valence-corrected chi connectivity index (χ1v) is 6.61. The van der Waals surface area contributed by atoms with Gasteiger partial charge in [0.25, 0.3) is 0 Å². The molecule has 0 amide bonds. The van der Waals surface area contributed by atoms with Gasteiger partial charge in [0.05, 0.1) is 11.3 Å². The molecule has 0 bridgehead atoms. The summed E-state index contributed by atoms with van der Waals surface area (Å²) in [6.45, 7) is 0. The van der Waals surface area contributed by atoms with Crippen LogP contribution in [0.5, 0.6) is 5.75 Å². The number of carbonyl (C=O) groups is 1. The summed E-state index contributed by atoms with van der Waals surface area (Å²) in [6, 6.07) is 2.79. The Morgan fingerprint density at radius 3 is 2.47 bits per heavy atom. The molecule has 0 spiro atoms. The van der Waals surface area contributed by atoms with E-state index < -0.39 is 21.8 Å². The van der Waals surface area contributed by atoms with Gasteiger partial charge in [-0.15, -0.1) is 0 Å². The molecule has 1 aromatic carbocycles. The summed E-state index contributed by atoms with van der Waals surface area (Å²) in [7, 11) is -3.41. The SMILES string of the molecule is CS(=O)(=O)c1ccc(C(N)CC(=O)O)c(O)c1. The van der Waals surface area contributed by atoms with Gasteiger partial charge in [0.1, 0.15) is 5.75 Å². The van der Waals surface area contributed by atoms with Gasteiger partial charge in [-0.2, -0.15) is 0 Å². The molecule has 6 nitrogen and oxygen atoms in total. The van der Waals surface area contributed by atoms with Gasteiger partial charge in [-0.25, -0.2) is 8.42 Å². The Labute approximate surface area is 98.6 Å². The van der Waals surface area contributed by atoms with Gasteiger partial charge in [0.15, 0.2) is 9.84 Å². The Morgan fingerprint density at radius 2 is 2.06 bits per heavy atom. The molecule has 0 fully saturated rings. The number of hydrogen-bond acceptors (Lipinski definition) is 5. The number of benzene rings is 1. The van der Waals surface area contributed by atoms with Crippen molar-refractivity contribution in [2.24, 2.45) is 5.73 Å². The van der Waals surface area contributed by atoms with Crippen molar-refractivity contribution in [3.63, 3.8) is 0 Å². The predicted octanol–water partition coefficient (Wildman–Crippen LogP) is 0.270. The zero-order chi connectivity index (χ0) is 13.2. The highest BCUT2D eigenvalue weighted by atomic mass is 32.2. The number of hydrogen-bond donors (Lipinski definition) is 3. The van der Waals surface area contributed by atoms with E-state index in [9.17, 15) is 18.3 Å². The Bertz CT molecular complexity index is 538. The minimum Gasteiger partial charge on any atom is -0.508 e. The molecule has 1 rings (SSSR count). The Kier molecular flexibility index (Phi) is 3.74. The molecule has 0 radical (unpaired) electrons. The second-order valence-electron chi connectivity index (χ2n) is 3.70. The van der Waals surface area contributed by atoms with Crippen molar-refractivity contribution in [3.8, 4) is 5.75 Å². The molecule has 0 saturated heterocycles. The van der Waals surface area contributed by atoms with Crippen LogP contribution in [0.2, 0.25) is 0 Å². The molecule has 0 aliphatic rings. The lowest BCUT2D eigenvalue weighted by Gasteiger charge is -2.12. The van der Waals surface area contributed by atoms with E-state index in [1.54, 1.807) is 0 Å². The average molecular weight is 259 g/mol. The van der Waals surface area contributed by atoms with Crippen LogP contribution in [0.3, 0.4) is 0 Å². The van der Waals surface area contributed by atoms with Crippen molar-refractivity contribution >= 4 is 15.8 Å². The van der Waals surface area contributed by atoms with Crippen LogP contribution in [0.1, 0.15) is 18.0 Å². The third kappa shape index (κ3) is 3.43. The maximum absolute atomic E-state index is 11.2. The lowest BCUT2D eigenvalue weighted by molar-refractivity contribution is -0.137. The number of sulfone groups is 1. The van der Waals surface area contributed by atoms with Crippen LogP contribution in [0.15, 0.2) is 23.1 Å². The summed E-state index contributed by atoms with van der Waals surface area (Å²) < 4.78 is 22.4. The van der Waals surface area contributed by atoms with Crippen LogP contribution in [-0.4, -0.2) is 30.9 Å². The largest absolute Gasteiger partial charge is 0.508 e. The third-order valence-electron chi connectivity index (χ3n) is 2.22. The van der Waals surface area contributed by atoms with E-state index in [4.69, 9.17) is 10.8 Å². The van der Waals surface area contributed by atoms with Gasteiger partial charge in [-0.3, -0.25) is 4.79 Å². The van der Waals surface area contributed by atoms with E-state index in [1.165, 1.54) is 12.1 Å². The first-order chi connectivity index (χ1) is 7.71. The molecule has 17 heavy (non-hydrogen) atoms. The summed E-state index contributed by atoms with van der Waals surface area (Å²) >= 11 is 0. The van der Waals surface area contributed by atoms with Crippen molar-refractivity contribution in [1.29, 1.82) is 0 Å². The molecule has 0 aliphatic heterocycles. The molecule has 94 valence electrons. The van der Waals surface area contributed by atoms with Crippen molar-refractivity contribution in [1.82, 2.24) is 0 Å². The highest BCUT2D eigenvalue weighted by Gasteiger charge is 2.17. The van der Waals surface area contributed by atoms with Crippen LogP contribution in [0.4, 0.5) is 0 Å². The zero-order valence-electron chi connectivity index (χ0n) is 9.12. The quantitative estimate of drug-likeness (QED) is 0.714. The number of carboxylic acids is 1. The minimum atomic E-state index is -3.41. The molecule has 7 heteroatoms. The first-order valence-electron chi connectivity index (χ1n) is 4.72. The number of rotatable bonds is 4. The van der Waals surface area contributed by atoms with Crippen LogP contribution >= 0.6 is 0 Å². The molecular formula is C10H13NO5S. The van der Waals surface area contributed by atoms with E-state index >= 15 is 0 Å². The number of carboxylic acid groups (broad SMARTS) is 1. The summed E-state index contributed by atoms with van der Waals surface area (Å²) in [5.41, 5.74) is 5.77. The molecule has 0 aliphatic carbocycles. The molecule has 1 unspecified atom stereocenters. The number of aliphatic carboxylic acids is 1. The lowest BCUT2D eigenvalue weighted by atomic mass is 10.0. The number of aromatic hydroxyl groups is 1. The maximum atomic E-state index is 11.2. The Balaban J connectivity index is 3.10. The minimum absolute atomic E-state index is 0.0405. The third-order valence-corrected chi connectivity index (χ3v) is 3.33. The van der Waals surface area contributed by atoms with E-state index in [0.29, 0.717) is 0 Å². The van der Waals surface area contributed by atoms with Gasteiger partial charge in [-0.1, -0.05) is 6.07 Å². The highest BCUT2D eigenvalue weighted by Crippen LogP contribution is 2.27. The molecule has 1 aromatic rings. The fourth-order valence-corrected chi connectivity index (χ4v) is 2.01. The van der Waals surface area contributed by atoms with Crippen LogP contribution in [0, 0.1) is 0 Å². The van der Waals surface area contributed by atoms with Crippen LogP contribution < -0.4 is 5.73 Å². The van der Waals surface area contributed by atoms with Gasteiger partial charge < -0.3 is 15.9 Å². The fourth-order valence-electron chi connectivity index (χ4n) is 1.37. The summed E-state index contributed by atoms with van der Waals surface area (Å²) in [5, 5.41) is 18.2. The lowest BCUT2D eigenvalue weighted by Crippen LogP contribution is -2.15. The van der Waals surface area contributed by atoms with E-state index in [0.717, 1.165) is 12.3 Å². The van der Waals surface area contributed by atoms with Crippen molar-refractivity contribution in [2.45, 2.75) is 17.4 Å². The van der Waals surface area contributed by atoms with Crippen molar-refractivity contribution in [2.75, 3.05) is 6.26 Å². The Morgan fingerprint density at radius 1 is 1.47 bits per heavy atom. The normalized spacial score (nSPS) is 13.3. The highest BCUT2D eigenvalue weighted by molar-refractivity contribution is 7.90. The van der Waals surface area contributed by atoms with E-state index in [-0.39, 0.29) is 22.6 Å². The van der Waals surface area contributed by atoms with Gasteiger partial charge in [0.2, 0.25) is 0 Å². The second kappa shape index (κ2) is 4.72. The molecule has 0 heterocycles. The van der Waals surface area contributed by atoms with Gasteiger partial charge in [0, 0.05) is 17.9 Å². The van der Waals surface area contributed by atoms with E-state index in [1.807, 2.05) is 0 Å². The first kappa shape index (κ1) is 13.5. The maximum Gasteiger partial charge on any atom is 0.305 e. The van der Waals surface area contributed by atoms with Gasteiger partial charge in [-0.05, 0) is 12.1 Å². The average Bonchev–Trinajstić information content (AvgIpc) is 2.14. The zero-order valence-corrected chi connectivity index (χ0v) is 9.94. The monoisotopic (exact) mass is 259 g/mol. The summed E-state index contributed by atoms with van der Waals surface area (Å²) in [4.78, 5) is 10.4. The number of nitrogens with two attached hydrogens (primary N) is 1. The van der Waals surface area contributed by atoms with Crippen LogP contribution in [-0.2, 0) is 14.6 Å². The topological polar surface area (TPSA) is 118 Å². The van der Waals surface area contributed by atoms with Gasteiger partial charge >= 0.3 is 5.97 Å². The molecule has 4 N–H and O–H groups in total. The smallest absolute Gasteiger partial charge is 0.305 e. The number of phenols is 1. The Hall–Kier alpha value is -1.60. The summed E-state index contributed by atoms with van der Waals surface area (Å²) in [6.07, 6.45) is 0.671. The predicted molar refractivity (Wildman–Crippen MR) is 60.4 cm³/mol. The van der Waals surface area contributed by atoms with Crippen molar-refractivity contribution < 1.29 is 23.4 Å². The molecule has 0 saturated carbocycles. The van der Waals surface area contributed by atoms with Crippen LogP contribution in [0.25, 0.3) is 0 Å². The van der Waals surface area contributed by atoms with E-state index in [2.05, 4.69) is 0 Å². The molecule has 1 atom stereocenters. The molecule has 0 aromatic heterocycles. The fraction of sp³-hybridized carbons (Fsp3) is 0.300. The van der Waals surface area contributed by atoms with Crippen molar-refractivity contribution in [3.05, 3.63) is 23.8 Å².